The number of benzene rings is 1. The predicted molar refractivity (Wildman–Crippen MR) is 74.7 cm³/mol. The molecule has 1 aliphatic rings. The molecule has 1 atom stereocenters. The lowest BCUT2D eigenvalue weighted by atomic mass is 10.0. The number of nitrogens with one attached hydrogen (secondary N) is 2. The van der Waals surface area contributed by atoms with E-state index in [-0.39, 0.29) is 5.91 Å². The van der Waals surface area contributed by atoms with E-state index in [1.165, 1.54) is 0 Å². The van der Waals surface area contributed by atoms with Crippen LogP contribution in [-0.2, 0) is 16.1 Å². The first-order valence-corrected chi connectivity index (χ1v) is 6.93. The van der Waals surface area contributed by atoms with Gasteiger partial charge in [0, 0.05) is 13.0 Å². The van der Waals surface area contributed by atoms with E-state index in [9.17, 15) is 4.79 Å². The lowest BCUT2D eigenvalue weighted by molar-refractivity contribution is -0.122. The Bertz CT molecular complexity index is 375. The van der Waals surface area contributed by atoms with Crippen LogP contribution in [0.5, 0.6) is 0 Å². The average molecular weight is 262 g/mol. The Morgan fingerprint density at radius 2 is 2.21 bits per heavy atom. The normalized spacial score (nSPS) is 18.4. The smallest absolute Gasteiger partial charge is 0.220 e. The van der Waals surface area contributed by atoms with Crippen LogP contribution in [0.3, 0.4) is 0 Å². The fourth-order valence-electron chi connectivity index (χ4n) is 2.25. The number of hydrogen-bond acceptors (Lipinski definition) is 3. The Balaban J connectivity index is 1.50. The summed E-state index contributed by atoms with van der Waals surface area (Å²) < 4.78 is 5.51. The molecule has 104 valence electrons. The van der Waals surface area contributed by atoms with Crippen LogP contribution in [-0.4, -0.2) is 32.1 Å². The van der Waals surface area contributed by atoms with Crippen molar-refractivity contribution in [1.29, 1.82) is 0 Å². The molecule has 1 heterocycles. The van der Waals surface area contributed by atoms with Gasteiger partial charge in [-0.2, -0.15) is 0 Å². The summed E-state index contributed by atoms with van der Waals surface area (Å²) in [6.07, 6.45) is 1.74. The summed E-state index contributed by atoms with van der Waals surface area (Å²) in [6.45, 7) is 3.76. The van der Waals surface area contributed by atoms with Crippen LogP contribution in [0.4, 0.5) is 0 Å². The van der Waals surface area contributed by atoms with Gasteiger partial charge in [0.15, 0.2) is 0 Å². The van der Waals surface area contributed by atoms with E-state index < -0.39 is 0 Å². The molecule has 1 fully saturated rings. The summed E-state index contributed by atoms with van der Waals surface area (Å²) in [5.41, 5.74) is 1.16. The second-order valence-corrected chi connectivity index (χ2v) is 4.95. The molecule has 0 unspecified atom stereocenters. The maximum absolute atomic E-state index is 11.6. The molecule has 1 aliphatic heterocycles. The molecule has 0 saturated carbocycles. The van der Waals surface area contributed by atoms with Crippen molar-refractivity contribution >= 4 is 5.91 Å². The Hall–Kier alpha value is -1.39. The highest BCUT2D eigenvalue weighted by atomic mass is 16.5. The van der Waals surface area contributed by atoms with Gasteiger partial charge < -0.3 is 15.4 Å². The third-order valence-electron chi connectivity index (χ3n) is 3.32. The average Bonchev–Trinajstić information content (AvgIpc) is 2.92. The highest BCUT2D eigenvalue weighted by Gasteiger charge is 2.17. The topological polar surface area (TPSA) is 50.4 Å². The molecule has 0 aromatic heterocycles. The van der Waals surface area contributed by atoms with Gasteiger partial charge in [-0.15, -0.1) is 0 Å². The molecule has 1 aromatic carbocycles. The number of hydrogen-bond donors (Lipinski definition) is 2. The van der Waals surface area contributed by atoms with Crippen molar-refractivity contribution in [3.05, 3.63) is 35.9 Å². The molecule has 0 aliphatic carbocycles. The van der Waals surface area contributed by atoms with Crippen LogP contribution >= 0.6 is 0 Å². The molecule has 0 spiro atoms. The van der Waals surface area contributed by atoms with Gasteiger partial charge in [-0.1, -0.05) is 30.3 Å². The minimum atomic E-state index is 0.136. The standard InChI is InChI=1S/C15H22N2O2/c18-15(10-14-6-7-16-11-14)17-8-9-19-12-13-4-2-1-3-5-13/h1-5,14,16H,6-12H2,(H,17,18)/t14-/m0/s1. The lowest BCUT2D eigenvalue weighted by Gasteiger charge is -2.09. The monoisotopic (exact) mass is 262 g/mol. The molecule has 1 saturated heterocycles. The highest BCUT2D eigenvalue weighted by Crippen LogP contribution is 2.11. The minimum absolute atomic E-state index is 0.136. The zero-order valence-electron chi connectivity index (χ0n) is 11.2. The molecule has 0 radical (unpaired) electrons. The maximum atomic E-state index is 11.6. The Morgan fingerprint density at radius 1 is 1.37 bits per heavy atom. The summed E-state index contributed by atoms with van der Waals surface area (Å²) in [5.74, 6) is 0.641. The quantitative estimate of drug-likeness (QED) is 0.729. The molecule has 1 amide bonds. The SMILES string of the molecule is O=C(C[C@@H]1CCNC1)NCCOCc1ccccc1. The fourth-order valence-corrected chi connectivity index (χ4v) is 2.25. The second-order valence-electron chi connectivity index (χ2n) is 4.95. The minimum Gasteiger partial charge on any atom is -0.375 e. The third kappa shape index (κ3) is 5.41. The van der Waals surface area contributed by atoms with Gasteiger partial charge in [0.2, 0.25) is 5.91 Å². The van der Waals surface area contributed by atoms with Gasteiger partial charge in [-0.25, -0.2) is 0 Å². The van der Waals surface area contributed by atoms with E-state index in [0.29, 0.717) is 32.1 Å². The molecule has 2 rings (SSSR count). The molecule has 19 heavy (non-hydrogen) atoms. The van der Waals surface area contributed by atoms with Crippen molar-refractivity contribution in [3.8, 4) is 0 Å². The van der Waals surface area contributed by atoms with Crippen molar-refractivity contribution in [2.45, 2.75) is 19.4 Å². The second kappa shape index (κ2) is 7.92. The first-order chi connectivity index (χ1) is 9.34. The summed E-state index contributed by atoms with van der Waals surface area (Å²) in [5, 5.41) is 6.17. The molecular formula is C15H22N2O2. The van der Waals surface area contributed by atoms with Crippen LogP contribution < -0.4 is 10.6 Å². The van der Waals surface area contributed by atoms with Crippen LogP contribution in [0.25, 0.3) is 0 Å². The number of carbonyl (C=O) groups is 1. The molecule has 2 N–H and O–H groups in total. The van der Waals surface area contributed by atoms with E-state index in [4.69, 9.17) is 4.74 Å². The van der Waals surface area contributed by atoms with Crippen molar-refractivity contribution in [2.24, 2.45) is 5.92 Å². The number of rotatable bonds is 7. The van der Waals surface area contributed by atoms with Crippen LogP contribution in [0, 0.1) is 5.92 Å². The molecule has 4 heteroatoms. The van der Waals surface area contributed by atoms with E-state index in [0.717, 1.165) is 25.1 Å². The third-order valence-corrected chi connectivity index (χ3v) is 3.32. The van der Waals surface area contributed by atoms with Crippen LogP contribution in [0.15, 0.2) is 30.3 Å². The highest BCUT2D eigenvalue weighted by molar-refractivity contribution is 5.76. The van der Waals surface area contributed by atoms with Crippen LogP contribution in [0.1, 0.15) is 18.4 Å². The first kappa shape index (κ1) is 14.0. The zero-order valence-corrected chi connectivity index (χ0v) is 11.2. The van der Waals surface area contributed by atoms with Crippen molar-refractivity contribution in [1.82, 2.24) is 10.6 Å². The summed E-state index contributed by atoms with van der Waals surface area (Å²) in [7, 11) is 0. The Morgan fingerprint density at radius 3 is 2.95 bits per heavy atom. The largest absolute Gasteiger partial charge is 0.375 e. The predicted octanol–water partition coefficient (Wildman–Crippen LogP) is 1.32. The maximum Gasteiger partial charge on any atom is 0.220 e. The molecular weight excluding hydrogens is 240 g/mol. The number of ether oxygens (including phenoxy) is 1. The van der Waals surface area contributed by atoms with Crippen LogP contribution in [0.2, 0.25) is 0 Å². The van der Waals surface area contributed by atoms with Gasteiger partial charge in [-0.05, 0) is 31.0 Å². The summed E-state index contributed by atoms with van der Waals surface area (Å²) in [4.78, 5) is 11.6. The van der Waals surface area contributed by atoms with Crippen molar-refractivity contribution < 1.29 is 9.53 Å². The summed E-state index contributed by atoms with van der Waals surface area (Å²) >= 11 is 0. The number of amides is 1. The van der Waals surface area contributed by atoms with Gasteiger partial charge in [0.25, 0.3) is 0 Å². The summed E-state index contributed by atoms with van der Waals surface area (Å²) in [6, 6.07) is 10.0. The van der Waals surface area contributed by atoms with Crippen molar-refractivity contribution in [3.63, 3.8) is 0 Å². The first-order valence-electron chi connectivity index (χ1n) is 6.93. The van der Waals surface area contributed by atoms with E-state index in [1.807, 2.05) is 30.3 Å². The molecule has 4 nitrogen and oxygen atoms in total. The van der Waals surface area contributed by atoms with Gasteiger partial charge in [0.1, 0.15) is 0 Å². The fraction of sp³-hybridized carbons (Fsp3) is 0.533. The Labute approximate surface area is 114 Å². The lowest BCUT2D eigenvalue weighted by Crippen LogP contribution is -2.29. The van der Waals surface area contributed by atoms with Crippen molar-refractivity contribution in [2.75, 3.05) is 26.2 Å². The zero-order chi connectivity index (χ0) is 13.3. The van der Waals surface area contributed by atoms with Gasteiger partial charge >= 0.3 is 0 Å². The van der Waals surface area contributed by atoms with E-state index >= 15 is 0 Å². The molecule has 1 aromatic rings. The van der Waals surface area contributed by atoms with Gasteiger partial charge in [0.05, 0.1) is 13.2 Å². The number of carbonyl (C=O) groups excluding carboxylic acids is 1. The Kier molecular flexibility index (Phi) is 5.85. The van der Waals surface area contributed by atoms with E-state index in [1.54, 1.807) is 0 Å². The van der Waals surface area contributed by atoms with E-state index in [2.05, 4.69) is 10.6 Å². The van der Waals surface area contributed by atoms with Gasteiger partial charge in [-0.3, -0.25) is 4.79 Å². The molecule has 0 bridgehead atoms.